The second-order valence-corrected chi connectivity index (χ2v) is 8.04. The first-order chi connectivity index (χ1) is 7.55. The smallest absolute Gasteiger partial charge is 0.221 e. The molecule has 0 amide bonds. The molecular weight excluding hydrogens is 239 g/mol. The number of halogens is 1. The van der Waals surface area contributed by atoms with E-state index in [0.29, 0.717) is 0 Å². The van der Waals surface area contributed by atoms with Gasteiger partial charge in [-0.05, 0) is 30.4 Å². The maximum Gasteiger partial charge on any atom is 0.221 e. The van der Waals surface area contributed by atoms with Gasteiger partial charge in [0.2, 0.25) is 14.8 Å². The van der Waals surface area contributed by atoms with Crippen molar-refractivity contribution in [1.82, 2.24) is 0 Å². The van der Waals surface area contributed by atoms with Crippen molar-refractivity contribution in [3.63, 3.8) is 0 Å². The summed E-state index contributed by atoms with van der Waals surface area (Å²) in [5.41, 5.74) is -0.211. The lowest BCUT2D eigenvalue weighted by Crippen LogP contribution is -2.41. The Hall–Kier alpha value is -0.640. The standard InChI is InChI=1S/C13H19FO2S/c1-8-6-7-10-11(9(8)2)12(3,4)13(5,14)17(10,15)16/h6-9H,1-5H3. The number of alkyl halides is 1. The van der Waals surface area contributed by atoms with E-state index >= 15 is 0 Å². The molecule has 0 spiro atoms. The second-order valence-electron chi connectivity index (χ2n) is 5.83. The minimum atomic E-state index is -3.86. The van der Waals surface area contributed by atoms with E-state index in [9.17, 15) is 12.8 Å². The molecule has 1 aliphatic carbocycles. The van der Waals surface area contributed by atoms with E-state index in [-0.39, 0.29) is 16.7 Å². The molecule has 0 radical (unpaired) electrons. The molecule has 1 aliphatic heterocycles. The normalized spacial score (nSPS) is 42.7. The zero-order valence-electron chi connectivity index (χ0n) is 10.9. The maximum absolute atomic E-state index is 14.7. The minimum Gasteiger partial charge on any atom is -0.225 e. The number of rotatable bonds is 0. The molecular formula is C13H19FO2S. The number of sulfone groups is 1. The average molecular weight is 258 g/mol. The van der Waals surface area contributed by atoms with Gasteiger partial charge in [-0.25, -0.2) is 12.8 Å². The van der Waals surface area contributed by atoms with Crippen molar-refractivity contribution in [2.75, 3.05) is 0 Å². The molecule has 2 nitrogen and oxygen atoms in total. The first-order valence-electron chi connectivity index (χ1n) is 5.91. The SMILES string of the molecule is CC1C=CC2=C(C1C)C(C)(C)C(C)(F)S2(=O)=O. The average Bonchev–Trinajstić information content (AvgIpc) is 2.29. The van der Waals surface area contributed by atoms with Gasteiger partial charge < -0.3 is 0 Å². The molecule has 2 aliphatic rings. The van der Waals surface area contributed by atoms with Crippen LogP contribution in [0.3, 0.4) is 0 Å². The molecule has 0 bridgehead atoms. The Labute approximate surface area is 103 Å². The van der Waals surface area contributed by atoms with Crippen molar-refractivity contribution in [3.8, 4) is 0 Å². The van der Waals surface area contributed by atoms with Gasteiger partial charge in [-0.1, -0.05) is 33.8 Å². The quantitative estimate of drug-likeness (QED) is 0.668. The molecule has 3 unspecified atom stereocenters. The van der Waals surface area contributed by atoms with Gasteiger partial charge in [0.05, 0.1) is 4.91 Å². The van der Waals surface area contributed by atoms with E-state index < -0.39 is 20.3 Å². The maximum atomic E-state index is 14.7. The van der Waals surface area contributed by atoms with E-state index in [4.69, 9.17) is 0 Å². The van der Waals surface area contributed by atoms with Gasteiger partial charge in [-0.2, -0.15) is 0 Å². The molecule has 96 valence electrons. The van der Waals surface area contributed by atoms with Gasteiger partial charge in [0.1, 0.15) is 0 Å². The van der Waals surface area contributed by atoms with Gasteiger partial charge >= 0.3 is 0 Å². The van der Waals surface area contributed by atoms with Crippen molar-refractivity contribution in [2.24, 2.45) is 17.3 Å². The second kappa shape index (κ2) is 3.22. The van der Waals surface area contributed by atoms with Crippen molar-refractivity contribution < 1.29 is 12.8 Å². The lowest BCUT2D eigenvalue weighted by atomic mass is 9.69. The molecule has 4 heteroatoms. The van der Waals surface area contributed by atoms with Crippen LogP contribution < -0.4 is 0 Å². The Morgan fingerprint density at radius 1 is 1.24 bits per heavy atom. The third-order valence-electron chi connectivity index (χ3n) is 4.64. The zero-order chi connectivity index (χ0) is 13.2. The molecule has 0 N–H and O–H groups in total. The summed E-state index contributed by atoms with van der Waals surface area (Å²) in [6.45, 7) is 8.57. The molecule has 3 atom stereocenters. The van der Waals surface area contributed by atoms with Crippen LogP contribution in [-0.2, 0) is 9.84 Å². The first kappa shape index (κ1) is 12.8. The summed E-state index contributed by atoms with van der Waals surface area (Å²) < 4.78 is 39.2. The fourth-order valence-corrected chi connectivity index (χ4v) is 5.06. The Balaban J connectivity index is 2.77. The number of hydrogen-bond acceptors (Lipinski definition) is 2. The summed E-state index contributed by atoms with van der Waals surface area (Å²) >= 11 is 0. The highest BCUT2D eigenvalue weighted by Gasteiger charge is 2.63. The van der Waals surface area contributed by atoms with Crippen LogP contribution in [0, 0.1) is 17.3 Å². The monoisotopic (exact) mass is 258 g/mol. The summed E-state index contributed by atoms with van der Waals surface area (Å²) in [6.07, 6.45) is 3.44. The Kier molecular flexibility index (Phi) is 2.43. The molecule has 0 fully saturated rings. The van der Waals surface area contributed by atoms with Crippen LogP contribution in [-0.4, -0.2) is 13.4 Å². The highest BCUT2D eigenvalue weighted by molar-refractivity contribution is 7.97. The number of hydrogen-bond donors (Lipinski definition) is 0. The topological polar surface area (TPSA) is 34.1 Å². The molecule has 1 heterocycles. The van der Waals surface area contributed by atoms with Crippen LogP contribution in [0.4, 0.5) is 4.39 Å². The Morgan fingerprint density at radius 2 is 1.76 bits per heavy atom. The van der Waals surface area contributed by atoms with Crippen molar-refractivity contribution in [3.05, 3.63) is 22.6 Å². The van der Waals surface area contributed by atoms with Crippen LogP contribution in [0.1, 0.15) is 34.6 Å². The lowest BCUT2D eigenvalue weighted by Gasteiger charge is -2.36. The largest absolute Gasteiger partial charge is 0.225 e. The summed E-state index contributed by atoms with van der Waals surface area (Å²) in [5, 5.41) is -2.21. The lowest BCUT2D eigenvalue weighted by molar-refractivity contribution is 0.143. The third kappa shape index (κ3) is 1.28. The van der Waals surface area contributed by atoms with Gasteiger partial charge in [-0.3, -0.25) is 0 Å². The molecule has 0 aromatic carbocycles. The predicted molar refractivity (Wildman–Crippen MR) is 66.7 cm³/mol. The summed E-state index contributed by atoms with van der Waals surface area (Å²) in [5.74, 6) is 0.314. The fourth-order valence-electron chi connectivity index (χ4n) is 2.88. The summed E-state index contributed by atoms with van der Waals surface area (Å²) in [7, 11) is -3.86. The van der Waals surface area contributed by atoms with Crippen molar-refractivity contribution in [1.29, 1.82) is 0 Å². The van der Waals surface area contributed by atoms with Gasteiger partial charge in [0.15, 0.2) is 0 Å². The van der Waals surface area contributed by atoms with Crippen LogP contribution in [0.5, 0.6) is 0 Å². The van der Waals surface area contributed by atoms with Crippen molar-refractivity contribution >= 4 is 9.84 Å². The van der Waals surface area contributed by atoms with E-state index in [2.05, 4.69) is 0 Å². The van der Waals surface area contributed by atoms with Crippen LogP contribution in [0.25, 0.3) is 0 Å². The van der Waals surface area contributed by atoms with E-state index in [1.165, 1.54) is 6.92 Å². The van der Waals surface area contributed by atoms with E-state index in [0.717, 1.165) is 5.57 Å². The predicted octanol–water partition coefficient (Wildman–Crippen LogP) is 3.22. The van der Waals surface area contributed by atoms with Crippen LogP contribution in [0.15, 0.2) is 22.6 Å². The molecule has 2 rings (SSSR count). The molecule has 0 aromatic rings. The Morgan fingerprint density at radius 3 is 2.29 bits per heavy atom. The molecule has 0 aromatic heterocycles. The highest BCUT2D eigenvalue weighted by atomic mass is 32.2. The van der Waals surface area contributed by atoms with Gasteiger partial charge in [0, 0.05) is 5.41 Å². The Bertz CT molecular complexity index is 524. The van der Waals surface area contributed by atoms with Crippen molar-refractivity contribution in [2.45, 2.75) is 39.6 Å². The van der Waals surface area contributed by atoms with Gasteiger partial charge in [-0.15, -0.1) is 0 Å². The summed E-state index contributed by atoms with van der Waals surface area (Å²) in [4.78, 5) is 0.207. The van der Waals surface area contributed by atoms with E-state index in [1.54, 1.807) is 19.9 Å². The van der Waals surface area contributed by atoms with Crippen LogP contribution >= 0.6 is 0 Å². The van der Waals surface area contributed by atoms with E-state index in [1.807, 2.05) is 19.9 Å². The first-order valence-corrected chi connectivity index (χ1v) is 7.40. The zero-order valence-corrected chi connectivity index (χ0v) is 11.7. The highest BCUT2D eigenvalue weighted by Crippen LogP contribution is 2.58. The van der Waals surface area contributed by atoms with Gasteiger partial charge in [0.25, 0.3) is 0 Å². The molecule has 0 saturated carbocycles. The third-order valence-corrected chi connectivity index (χ3v) is 7.10. The fraction of sp³-hybridized carbons (Fsp3) is 0.692. The number of allylic oxidation sites excluding steroid dienone is 3. The van der Waals surface area contributed by atoms with Crippen LogP contribution in [0.2, 0.25) is 0 Å². The molecule has 0 saturated heterocycles. The minimum absolute atomic E-state index is 0.0670. The molecule has 17 heavy (non-hydrogen) atoms. The summed E-state index contributed by atoms with van der Waals surface area (Å²) in [6, 6.07) is 0.